The van der Waals surface area contributed by atoms with E-state index in [9.17, 15) is 23.9 Å². The van der Waals surface area contributed by atoms with Crippen LogP contribution in [0.2, 0.25) is 5.02 Å². The van der Waals surface area contributed by atoms with Crippen molar-refractivity contribution in [3.8, 4) is 0 Å². The Morgan fingerprint density at radius 2 is 1.97 bits per heavy atom. The number of benzene rings is 2. The predicted molar refractivity (Wildman–Crippen MR) is 132 cm³/mol. The molecule has 1 saturated carbocycles. The molecular weight excluding hydrogens is 487 g/mol. The molecule has 3 atom stereocenters. The number of fused-ring (bicyclic) bond motifs is 2. The Labute approximate surface area is 211 Å². The summed E-state index contributed by atoms with van der Waals surface area (Å²) >= 11 is 5.83. The maximum Gasteiger partial charge on any atom is 0.323 e. The zero-order valence-corrected chi connectivity index (χ0v) is 20.2. The summed E-state index contributed by atoms with van der Waals surface area (Å²) in [5.41, 5.74) is 7.87. The fourth-order valence-corrected chi connectivity index (χ4v) is 5.43. The largest absolute Gasteiger partial charge is 0.396 e. The summed E-state index contributed by atoms with van der Waals surface area (Å²) in [5, 5.41) is 12.7. The van der Waals surface area contributed by atoms with Crippen molar-refractivity contribution in [3.63, 3.8) is 0 Å². The molecule has 1 aliphatic heterocycles. The number of hydrogen-bond donors (Lipinski definition) is 3. The number of nitrogens with zero attached hydrogens (tertiary/aromatic N) is 2. The summed E-state index contributed by atoms with van der Waals surface area (Å²) in [6.07, 6.45) is 3.41. The minimum absolute atomic E-state index is 0.00600. The van der Waals surface area contributed by atoms with Crippen molar-refractivity contribution in [1.82, 2.24) is 14.8 Å². The Hall–Kier alpha value is -3.43. The van der Waals surface area contributed by atoms with Crippen LogP contribution in [0, 0.1) is 11.7 Å². The summed E-state index contributed by atoms with van der Waals surface area (Å²) in [7, 11) is 0. The van der Waals surface area contributed by atoms with Gasteiger partial charge in [0.2, 0.25) is 11.8 Å². The third kappa shape index (κ3) is 4.44. The van der Waals surface area contributed by atoms with Crippen LogP contribution in [0.15, 0.2) is 42.6 Å². The molecule has 1 aliphatic carbocycles. The minimum atomic E-state index is -0.672. The van der Waals surface area contributed by atoms with Crippen molar-refractivity contribution in [2.75, 3.05) is 6.61 Å². The van der Waals surface area contributed by atoms with E-state index < -0.39 is 17.9 Å². The van der Waals surface area contributed by atoms with Crippen LogP contribution >= 0.6 is 11.6 Å². The number of hydrogen-bond acceptors (Lipinski definition) is 4. The highest BCUT2D eigenvalue weighted by Gasteiger charge is 2.55. The average Bonchev–Trinajstić information content (AvgIpc) is 3.36. The van der Waals surface area contributed by atoms with Crippen LogP contribution in [0.25, 0.3) is 10.9 Å². The molecule has 2 fully saturated rings. The summed E-state index contributed by atoms with van der Waals surface area (Å²) in [5.74, 6) is -0.838. The number of likely N-dealkylation sites (tertiary alicyclic amines) is 1. The second-order valence-electron chi connectivity index (χ2n) is 9.41. The molecule has 2 aliphatic rings. The maximum absolute atomic E-state index is 14.2. The minimum Gasteiger partial charge on any atom is -0.396 e. The topological polar surface area (TPSA) is 118 Å². The maximum atomic E-state index is 14.2. The molecule has 0 radical (unpaired) electrons. The fourth-order valence-electron chi connectivity index (χ4n) is 5.24. The summed E-state index contributed by atoms with van der Waals surface area (Å²) in [4.78, 5) is 40.1. The first kappa shape index (κ1) is 24.3. The van der Waals surface area contributed by atoms with E-state index in [1.165, 1.54) is 10.6 Å². The number of aliphatic hydroxyl groups excluding tert-OH is 1. The lowest BCUT2D eigenvalue weighted by atomic mass is 10.1. The van der Waals surface area contributed by atoms with Crippen LogP contribution in [0.1, 0.15) is 29.5 Å². The van der Waals surface area contributed by atoms with Crippen molar-refractivity contribution >= 4 is 40.3 Å². The highest BCUT2D eigenvalue weighted by molar-refractivity contribution is 6.30. The zero-order chi connectivity index (χ0) is 25.6. The number of nitrogens with two attached hydrogens (primary N) is 1. The van der Waals surface area contributed by atoms with Crippen LogP contribution < -0.4 is 11.1 Å². The first-order chi connectivity index (χ1) is 17.3. The molecule has 10 heteroatoms. The molecule has 4 N–H and O–H groups in total. The molecule has 0 spiro atoms. The molecular formula is C26H26ClFN4O4. The Balaban J connectivity index is 1.34. The van der Waals surface area contributed by atoms with Gasteiger partial charge >= 0.3 is 6.03 Å². The van der Waals surface area contributed by atoms with Gasteiger partial charge in [0.25, 0.3) is 0 Å². The number of amides is 3. The number of aromatic nitrogens is 1. The van der Waals surface area contributed by atoms with Crippen molar-refractivity contribution in [2.24, 2.45) is 11.7 Å². The van der Waals surface area contributed by atoms with Gasteiger partial charge in [-0.3, -0.25) is 14.2 Å². The van der Waals surface area contributed by atoms with Crippen molar-refractivity contribution in [2.45, 2.75) is 44.3 Å². The molecule has 36 heavy (non-hydrogen) atoms. The Morgan fingerprint density at radius 3 is 2.72 bits per heavy atom. The molecule has 188 valence electrons. The van der Waals surface area contributed by atoms with E-state index in [0.717, 1.165) is 12.0 Å². The van der Waals surface area contributed by atoms with E-state index in [1.54, 1.807) is 29.3 Å². The van der Waals surface area contributed by atoms with Crippen molar-refractivity contribution in [1.29, 1.82) is 0 Å². The molecule has 2 aromatic carbocycles. The van der Waals surface area contributed by atoms with Gasteiger partial charge in [-0.05, 0) is 48.4 Å². The third-order valence-corrected chi connectivity index (χ3v) is 7.40. The number of carbonyl (C=O) groups excluding carboxylic acids is 3. The number of piperidine rings is 1. The SMILES string of the molecule is NC(=O)n1cc(CC(=O)N2[C@@H]3C[C@@H]3C[C@H]2C(=O)NCc2cccc(Cl)c2F)c2ccc(CCO)cc21. The molecule has 3 aromatic rings. The number of rotatable bonds is 7. The van der Waals surface area contributed by atoms with Crippen LogP contribution in [0.4, 0.5) is 9.18 Å². The van der Waals surface area contributed by atoms with Gasteiger partial charge in [-0.15, -0.1) is 0 Å². The second kappa shape index (κ2) is 9.55. The van der Waals surface area contributed by atoms with Gasteiger partial charge in [-0.25, -0.2) is 9.18 Å². The van der Waals surface area contributed by atoms with Crippen molar-refractivity contribution < 1.29 is 23.9 Å². The van der Waals surface area contributed by atoms with Crippen LogP contribution in [-0.4, -0.2) is 51.1 Å². The Bertz CT molecular complexity index is 1370. The lowest BCUT2D eigenvalue weighted by Gasteiger charge is -2.27. The number of primary amides is 1. The molecule has 2 heterocycles. The number of aliphatic hydroxyl groups is 1. The lowest BCUT2D eigenvalue weighted by molar-refractivity contribution is -0.139. The smallest absolute Gasteiger partial charge is 0.323 e. The van der Waals surface area contributed by atoms with E-state index in [-0.39, 0.29) is 53.9 Å². The third-order valence-electron chi connectivity index (χ3n) is 7.11. The van der Waals surface area contributed by atoms with Gasteiger partial charge in [-0.1, -0.05) is 35.9 Å². The normalized spacial score (nSPS) is 20.4. The van der Waals surface area contributed by atoms with E-state index in [1.807, 2.05) is 12.1 Å². The fraction of sp³-hybridized carbons (Fsp3) is 0.346. The van der Waals surface area contributed by atoms with E-state index in [2.05, 4.69) is 5.32 Å². The van der Waals surface area contributed by atoms with Crippen LogP contribution in [0.5, 0.6) is 0 Å². The zero-order valence-electron chi connectivity index (χ0n) is 19.4. The first-order valence-electron chi connectivity index (χ1n) is 11.8. The number of halogens is 2. The quantitative estimate of drug-likeness (QED) is 0.451. The number of carbonyl (C=O) groups is 3. The molecule has 3 amide bonds. The van der Waals surface area contributed by atoms with Gasteiger partial charge in [-0.2, -0.15) is 0 Å². The molecule has 8 nitrogen and oxygen atoms in total. The van der Waals surface area contributed by atoms with Gasteiger partial charge in [0, 0.05) is 36.3 Å². The molecule has 5 rings (SSSR count). The summed E-state index contributed by atoms with van der Waals surface area (Å²) in [6.45, 7) is -0.0551. The number of nitrogens with one attached hydrogen (secondary N) is 1. The van der Waals surface area contributed by atoms with Gasteiger partial charge in [0.1, 0.15) is 11.9 Å². The molecule has 0 unspecified atom stereocenters. The monoisotopic (exact) mass is 512 g/mol. The summed E-state index contributed by atoms with van der Waals surface area (Å²) < 4.78 is 15.5. The molecule has 0 bridgehead atoms. The lowest BCUT2D eigenvalue weighted by Crippen LogP contribution is -2.48. The van der Waals surface area contributed by atoms with Crippen molar-refractivity contribution in [3.05, 3.63) is 70.1 Å². The van der Waals surface area contributed by atoms with Crippen LogP contribution in [0.3, 0.4) is 0 Å². The average molecular weight is 513 g/mol. The van der Waals surface area contributed by atoms with Gasteiger partial charge in [0.05, 0.1) is 17.0 Å². The second-order valence-corrected chi connectivity index (χ2v) is 9.82. The standard InChI is InChI=1S/C26H26ClFN4O4/c27-19-3-1-2-15(24(19)28)12-30-25(35)22-10-16-9-20(16)32(22)23(34)11-17-13-31(26(29)36)21-8-14(6-7-33)4-5-18(17)21/h1-5,8,13,16,20,22,33H,6-7,9-12H2,(H2,29,36)(H,30,35)/t16-,20-,22+/m1/s1. The highest BCUT2D eigenvalue weighted by Crippen LogP contribution is 2.48. The van der Waals surface area contributed by atoms with E-state index >= 15 is 0 Å². The summed E-state index contributed by atoms with van der Waals surface area (Å²) in [6, 6.07) is 8.75. The molecule has 1 saturated heterocycles. The van der Waals surface area contributed by atoms with E-state index in [4.69, 9.17) is 17.3 Å². The van der Waals surface area contributed by atoms with Gasteiger partial charge in [0.15, 0.2) is 0 Å². The Kier molecular flexibility index (Phi) is 6.44. The molecule has 1 aromatic heterocycles. The van der Waals surface area contributed by atoms with Gasteiger partial charge < -0.3 is 21.1 Å². The van der Waals surface area contributed by atoms with Crippen LogP contribution in [-0.2, 0) is 29.0 Å². The highest BCUT2D eigenvalue weighted by atomic mass is 35.5. The Morgan fingerprint density at radius 1 is 1.17 bits per heavy atom. The first-order valence-corrected chi connectivity index (χ1v) is 12.2. The predicted octanol–water partition coefficient (Wildman–Crippen LogP) is 2.74. The van der Waals surface area contributed by atoms with E-state index in [0.29, 0.717) is 29.3 Å².